The average Bonchev–Trinajstić information content (AvgIpc) is 2.79. The van der Waals surface area contributed by atoms with Crippen LogP contribution in [0.1, 0.15) is 39.5 Å². The van der Waals surface area contributed by atoms with Crippen LogP contribution in [0.3, 0.4) is 0 Å². The van der Waals surface area contributed by atoms with Gasteiger partial charge in [0.1, 0.15) is 6.26 Å². The quantitative estimate of drug-likeness (QED) is 0.532. The number of oxazole rings is 1. The second kappa shape index (κ2) is 8.65. The van der Waals surface area contributed by atoms with Crippen LogP contribution in [-0.2, 0) is 0 Å². The van der Waals surface area contributed by atoms with Crippen molar-refractivity contribution in [1.82, 2.24) is 10.3 Å². The molecule has 1 atom stereocenters. The van der Waals surface area contributed by atoms with Crippen LogP contribution in [0.2, 0.25) is 0 Å². The Morgan fingerprint density at radius 2 is 2.38 bits per heavy atom. The van der Waals surface area contributed by atoms with E-state index in [1.807, 2.05) is 0 Å². The lowest BCUT2D eigenvalue weighted by Crippen LogP contribution is -2.26. The topological polar surface area (TPSA) is 38.1 Å². The van der Waals surface area contributed by atoms with E-state index in [1.165, 1.54) is 25.7 Å². The monoisotopic (exact) mass is 242 g/mol. The van der Waals surface area contributed by atoms with E-state index in [4.69, 9.17) is 4.42 Å². The molecule has 0 fully saturated rings. The summed E-state index contributed by atoms with van der Waals surface area (Å²) in [5, 5.41) is 4.29. The van der Waals surface area contributed by atoms with Crippen LogP contribution in [0.5, 0.6) is 0 Å². The molecule has 3 nitrogen and oxygen atoms in total. The SMILES string of the molecule is CCCNC(C)CCCCSc1ncco1. The summed E-state index contributed by atoms with van der Waals surface area (Å²) >= 11 is 1.70. The highest BCUT2D eigenvalue weighted by Crippen LogP contribution is 2.17. The fraction of sp³-hybridized carbons (Fsp3) is 0.750. The van der Waals surface area contributed by atoms with Gasteiger partial charge in [-0.3, -0.25) is 0 Å². The second-order valence-electron chi connectivity index (χ2n) is 4.00. The highest BCUT2D eigenvalue weighted by Gasteiger charge is 2.01. The van der Waals surface area contributed by atoms with Gasteiger partial charge in [0.15, 0.2) is 0 Å². The van der Waals surface area contributed by atoms with E-state index < -0.39 is 0 Å². The van der Waals surface area contributed by atoms with Gasteiger partial charge in [-0.2, -0.15) is 0 Å². The third-order valence-corrected chi connectivity index (χ3v) is 3.35. The number of aromatic nitrogens is 1. The van der Waals surface area contributed by atoms with Gasteiger partial charge in [-0.15, -0.1) is 0 Å². The van der Waals surface area contributed by atoms with Crippen molar-refractivity contribution in [3.63, 3.8) is 0 Å². The number of thioether (sulfide) groups is 1. The highest BCUT2D eigenvalue weighted by molar-refractivity contribution is 7.99. The van der Waals surface area contributed by atoms with Gasteiger partial charge in [0.2, 0.25) is 0 Å². The largest absolute Gasteiger partial charge is 0.440 e. The fourth-order valence-electron chi connectivity index (χ4n) is 1.49. The Labute approximate surface area is 102 Å². The predicted octanol–water partition coefficient (Wildman–Crippen LogP) is 3.33. The van der Waals surface area contributed by atoms with Crippen LogP contribution in [0, 0.1) is 0 Å². The summed E-state index contributed by atoms with van der Waals surface area (Å²) in [5.74, 6) is 1.10. The van der Waals surface area contributed by atoms with Crippen molar-refractivity contribution in [3.05, 3.63) is 12.5 Å². The Morgan fingerprint density at radius 3 is 3.06 bits per heavy atom. The van der Waals surface area contributed by atoms with Gasteiger partial charge in [0.05, 0.1) is 6.20 Å². The molecule has 1 rings (SSSR count). The first kappa shape index (κ1) is 13.6. The number of hydrogen-bond acceptors (Lipinski definition) is 4. The molecule has 1 unspecified atom stereocenters. The van der Waals surface area contributed by atoms with E-state index in [1.54, 1.807) is 24.2 Å². The number of rotatable bonds is 9. The fourth-order valence-corrected chi connectivity index (χ4v) is 2.27. The maximum Gasteiger partial charge on any atom is 0.255 e. The van der Waals surface area contributed by atoms with Crippen LogP contribution >= 0.6 is 11.8 Å². The van der Waals surface area contributed by atoms with Crippen molar-refractivity contribution in [2.45, 2.75) is 50.8 Å². The third kappa shape index (κ3) is 6.18. The van der Waals surface area contributed by atoms with Gasteiger partial charge < -0.3 is 9.73 Å². The molecule has 0 aliphatic heterocycles. The van der Waals surface area contributed by atoms with Crippen LogP contribution in [0.4, 0.5) is 0 Å². The molecule has 1 aromatic heterocycles. The molecule has 1 N–H and O–H groups in total. The average molecular weight is 242 g/mol. The number of hydrogen-bond donors (Lipinski definition) is 1. The standard InChI is InChI=1S/C12H22N2OS/c1-3-7-13-11(2)6-4-5-10-16-12-14-8-9-15-12/h8-9,11,13H,3-7,10H2,1-2H3. The molecule has 0 aromatic carbocycles. The molecule has 16 heavy (non-hydrogen) atoms. The summed E-state index contributed by atoms with van der Waals surface area (Å²) in [6, 6.07) is 0.645. The Bertz CT molecular complexity index is 252. The summed E-state index contributed by atoms with van der Waals surface area (Å²) in [5.41, 5.74) is 0. The normalized spacial score (nSPS) is 12.9. The second-order valence-corrected chi connectivity index (χ2v) is 5.04. The molecular formula is C12H22N2OS. The van der Waals surface area contributed by atoms with Crippen molar-refractivity contribution >= 4 is 11.8 Å². The van der Waals surface area contributed by atoms with Gasteiger partial charge in [0.25, 0.3) is 5.22 Å². The van der Waals surface area contributed by atoms with Gasteiger partial charge in [0, 0.05) is 11.8 Å². The van der Waals surface area contributed by atoms with Gasteiger partial charge in [-0.1, -0.05) is 25.1 Å². The minimum absolute atomic E-state index is 0.645. The van der Waals surface area contributed by atoms with E-state index in [0.717, 1.165) is 17.5 Å². The Balaban J connectivity index is 1.91. The molecule has 0 bridgehead atoms. The molecule has 0 radical (unpaired) electrons. The first-order valence-corrected chi connectivity index (χ1v) is 7.07. The molecule has 0 saturated heterocycles. The lowest BCUT2D eigenvalue weighted by molar-refractivity contribution is 0.453. The predicted molar refractivity (Wildman–Crippen MR) is 68.8 cm³/mol. The zero-order valence-corrected chi connectivity index (χ0v) is 11.1. The number of nitrogens with zero attached hydrogens (tertiary/aromatic N) is 1. The summed E-state index contributed by atoms with van der Waals surface area (Å²) in [7, 11) is 0. The molecule has 92 valence electrons. The molecule has 4 heteroatoms. The first-order chi connectivity index (χ1) is 7.83. The number of nitrogens with one attached hydrogen (secondary N) is 1. The smallest absolute Gasteiger partial charge is 0.255 e. The van der Waals surface area contributed by atoms with E-state index in [2.05, 4.69) is 24.1 Å². The molecule has 0 aliphatic rings. The van der Waals surface area contributed by atoms with E-state index in [-0.39, 0.29) is 0 Å². The van der Waals surface area contributed by atoms with Crippen LogP contribution in [0.15, 0.2) is 22.1 Å². The Kier molecular flexibility index (Phi) is 7.34. The number of unbranched alkanes of at least 4 members (excludes halogenated alkanes) is 1. The molecule has 0 spiro atoms. The van der Waals surface area contributed by atoms with Crippen molar-refractivity contribution in [2.75, 3.05) is 12.3 Å². The maximum atomic E-state index is 5.15. The molecule has 0 aliphatic carbocycles. The van der Waals surface area contributed by atoms with Gasteiger partial charge in [-0.05, 0) is 32.7 Å². The van der Waals surface area contributed by atoms with Crippen molar-refractivity contribution in [2.24, 2.45) is 0 Å². The molecule has 1 aromatic rings. The van der Waals surface area contributed by atoms with Crippen molar-refractivity contribution in [1.29, 1.82) is 0 Å². The summed E-state index contributed by atoms with van der Waals surface area (Å²) < 4.78 is 5.15. The zero-order chi connectivity index (χ0) is 11.6. The van der Waals surface area contributed by atoms with Crippen molar-refractivity contribution < 1.29 is 4.42 Å². The lowest BCUT2D eigenvalue weighted by Gasteiger charge is -2.12. The summed E-state index contributed by atoms with van der Waals surface area (Å²) in [6.45, 7) is 5.59. The van der Waals surface area contributed by atoms with Crippen LogP contribution in [0.25, 0.3) is 0 Å². The van der Waals surface area contributed by atoms with Gasteiger partial charge in [-0.25, -0.2) is 4.98 Å². The zero-order valence-electron chi connectivity index (χ0n) is 10.2. The molecule has 0 amide bonds. The van der Waals surface area contributed by atoms with Crippen LogP contribution < -0.4 is 5.32 Å². The van der Waals surface area contributed by atoms with E-state index >= 15 is 0 Å². The Morgan fingerprint density at radius 1 is 1.50 bits per heavy atom. The molecule has 1 heterocycles. The lowest BCUT2D eigenvalue weighted by atomic mass is 10.1. The first-order valence-electron chi connectivity index (χ1n) is 6.08. The minimum atomic E-state index is 0.645. The molecule has 0 saturated carbocycles. The molecular weight excluding hydrogens is 220 g/mol. The maximum absolute atomic E-state index is 5.15. The van der Waals surface area contributed by atoms with E-state index in [0.29, 0.717) is 6.04 Å². The summed E-state index contributed by atoms with van der Waals surface area (Å²) in [6.07, 6.45) is 8.28. The minimum Gasteiger partial charge on any atom is -0.440 e. The highest BCUT2D eigenvalue weighted by atomic mass is 32.2. The van der Waals surface area contributed by atoms with E-state index in [9.17, 15) is 0 Å². The Hall–Kier alpha value is -0.480. The summed E-state index contributed by atoms with van der Waals surface area (Å²) in [4.78, 5) is 4.07. The third-order valence-electron chi connectivity index (χ3n) is 2.41. The van der Waals surface area contributed by atoms with Gasteiger partial charge >= 0.3 is 0 Å². The van der Waals surface area contributed by atoms with Crippen molar-refractivity contribution in [3.8, 4) is 0 Å². The van der Waals surface area contributed by atoms with Crippen LogP contribution in [-0.4, -0.2) is 23.3 Å².